The first-order valence-corrected chi connectivity index (χ1v) is 12.1. The van der Waals surface area contributed by atoms with Gasteiger partial charge in [0.05, 0.1) is 16.8 Å². The molecule has 0 bridgehead atoms. The molecule has 0 spiro atoms. The molecule has 1 heterocycles. The number of halogens is 4. The zero-order chi connectivity index (χ0) is 25.2. The summed E-state index contributed by atoms with van der Waals surface area (Å²) in [5.74, 6) is -0.00716. The summed E-state index contributed by atoms with van der Waals surface area (Å²) in [6.45, 7) is 0.293. The molecule has 6 nitrogen and oxygen atoms in total. The second-order valence-electron chi connectivity index (χ2n) is 9.66. The summed E-state index contributed by atoms with van der Waals surface area (Å²) in [7, 11) is 3.98. The molecule has 4 rings (SSSR count). The minimum absolute atomic E-state index is 0.174. The van der Waals surface area contributed by atoms with E-state index in [2.05, 4.69) is 10.6 Å². The van der Waals surface area contributed by atoms with Gasteiger partial charge in [-0.25, -0.2) is 9.37 Å². The summed E-state index contributed by atoms with van der Waals surface area (Å²) in [4.78, 5) is 23.9. The van der Waals surface area contributed by atoms with Crippen molar-refractivity contribution in [3.05, 3.63) is 46.4 Å². The van der Waals surface area contributed by atoms with Crippen molar-refractivity contribution < 1.29 is 22.4 Å². The van der Waals surface area contributed by atoms with E-state index in [4.69, 9.17) is 9.97 Å². The minimum Gasteiger partial charge on any atom is -0.362 e. The molecule has 1 aromatic carbocycles. The number of aromatic nitrogens is 2. The Labute approximate surface area is 202 Å². The lowest BCUT2D eigenvalue weighted by Gasteiger charge is -2.30. The standard InChI is InChI=1S/C25H31F4N5O/c1-34(2)22-18-5-3-4-6-21(18)32-24(33-22)31-17-10-7-15(8-11-17)14-30-23(35)19-13-16(25(27,28)29)9-12-20(19)26/h9,12-13,15,17H,3-8,10-11,14H2,1-2H3,(H,30,35)(H,31,32,33)/t15-,17+. The summed E-state index contributed by atoms with van der Waals surface area (Å²) >= 11 is 0. The highest BCUT2D eigenvalue weighted by Gasteiger charge is 2.32. The highest BCUT2D eigenvalue weighted by atomic mass is 19.4. The Morgan fingerprint density at radius 2 is 1.80 bits per heavy atom. The van der Waals surface area contributed by atoms with Crippen LogP contribution in [-0.4, -0.2) is 42.6 Å². The monoisotopic (exact) mass is 493 g/mol. The van der Waals surface area contributed by atoms with Gasteiger partial charge in [-0.1, -0.05) is 0 Å². The zero-order valence-electron chi connectivity index (χ0n) is 20.0. The van der Waals surface area contributed by atoms with Crippen LogP contribution in [-0.2, 0) is 19.0 Å². The first-order valence-electron chi connectivity index (χ1n) is 12.1. The van der Waals surface area contributed by atoms with Crippen LogP contribution < -0.4 is 15.5 Å². The summed E-state index contributed by atoms with van der Waals surface area (Å²) < 4.78 is 52.7. The smallest absolute Gasteiger partial charge is 0.362 e. The van der Waals surface area contributed by atoms with E-state index in [0.29, 0.717) is 30.7 Å². The van der Waals surface area contributed by atoms with Crippen LogP contribution in [0.1, 0.15) is 65.7 Å². The Morgan fingerprint density at radius 3 is 2.49 bits per heavy atom. The molecule has 2 aromatic rings. The first kappa shape index (κ1) is 25.2. The molecule has 0 saturated heterocycles. The highest BCUT2D eigenvalue weighted by molar-refractivity contribution is 5.94. The third kappa shape index (κ3) is 6.02. The molecular formula is C25H31F4N5O. The normalized spacial score (nSPS) is 20.2. The van der Waals surface area contributed by atoms with Gasteiger partial charge in [-0.3, -0.25) is 4.79 Å². The van der Waals surface area contributed by atoms with Crippen molar-refractivity contribution >= 4 is 17.7 Å². The lowest BCUT2D eigenvalue weighted by Crippen LogP contribution is -2.34. The van der Waals surface area contributed by atoms with Gasteiger partial charge in [0.2, 0.25) is 5.95 Å². The second-order valence-corrected chi connectivity index (χ2v) is 9.66. The summed E-state index contributed by atoms with van der Waals surface area (Å²) in [6.07, 6.45) is 3.00. The molecule has 10 heteroatoms. The number of benzene rings is 1. The molecule has 1 saturated carbocycles. The Hall–Kier alpha value is -2.91. The molecule has 2 aliphatic carbocycles. The van der Waals surface area contributed by atoms with Crippen molar-refractivity contribution in [1.82, 2.24) is 15.3 Å². The van der Waals surface area contributed by atoms with Gasteiger partial charge in [0, 0.05) is 32.2 Å². The molecule has 2 aliphatic rings. The quantitative estimate of drug-likeness (QED) is 0.556. The van der Waals surface area contributed by atoms with Crippen molar-refractivity contribution in [2.75, 3.05) is 30.9 Å². The van der Waals surface area contributed by atoms with E-state index in [-0.39, 0.29) is 12.0 Å². The van der Waals surface area contributed by atoms with Gasteiger partial charge in [-0.2, -0.15) is 18.2 Å². The van der Waals surface area contributed by atoms with Gasteiger partial charge in [0.1, 0.15) is 11.6 Å². The number of hydrogen-bond acceptors (Lipinski definition) is 5. The average Bonchev–Trinajstić information content (AvgIpc) is 2.82. The van der Waals surface area contributed by atoms with Crippen LogP contribution in [0.25, 0.3) is 0 Å². The summed E-state index contributed by atoms with van der Waals surface area (Å²) in [5, 5.41) is 6.08. The van der Waals surface area contributed by atoms with Crippen LogP contribution in [0.5, 0.6) is 0 Å². The number of alkyl halides is 3. The molecule has 0 unspecified atom stereocenters. The molecular weight excluding hydrogens is 462 g/mol. The van der Waals surface area contributed by atoms with Gasteiger partial charge in [-0.15, -0.1) is 0 Å². The van der Waals surface area contributed by atoms with Crippen LogP contribution in [0.15, 0.2) is 18.2 Å². The third-order valence-corrected chi connectivity index (χ3v) is 6.85. The lowest BCUT2D eigenvalue weighted by atomic mass is 9.86. The number of anilines is 2. The molecule has 1 amide bonds. The van der Waals surface area contributed by atoms with Crippen molar-refractivity contribution in [3.8, 4) is 0 Å². The molecule has 190 valence electrons. The number of carbonyl (C=O) groups excluding carboxylic acids is 1. The largest absolute Gasteiger partial charge is 0.416 e. The summed E-state index contributed by atoms with van der Waals surface area (Å²) in [5.41, 5.74) is 0.730. The Bertz CT molecular complexity index is 1060. The van der Waals surface area contributed by atoms with Gasteiger partial charge < -0.3 is 15.5 Å². The minimum atomic E-state index is -4.64. The Balaban J connectivity index is 1.31. The van der Waals surface area contributed by atoms with Crippen molar-refractivity contribution in [2.24, 2.45) is 5.92 Å². The van der Waals surface area contributed by atoms with Gasteiger partial charge in [0.15, 0.2) is 0 Å². The number of nitrogens with one attached hydrogen (secondary N) is 2. The summed E-state index contributed by atoms with van der Waals surface area (Å²) in [6, 6.07) is 2.08. The van der Waals surface area contributed by atoms with Crippen LogP contribution in [0.3, 0.4) is 0 Å². The number of aryl methyl sites for hydroxylation is 1. The number of carbonyl (C=O) groups is 1. The topological polar surface area (TPSA) is 70.2 Å². The number of hydrogen-bond donors (Lipinski definition) is 2. The number of nitrogens with zero attached hydrogens (tertiary/aromatic N) is 3. The number of fused-ring (bicyclic) bond motifs is 1. The van der Waals surface area contributed by atoms with Gasteiger partial charge in [0.25, 0.3) is 5.91 Å². The maximum Gasteiger partial charge on any atom is 0.416 e. The molecule has 1 fully saturated rings. The number of amides is 1. The predicted molar refractivity (Wildman–Crippen MR) is 126 cm³/mol. The predicted octanol–water partition coefficient (Wildman–Crippen LogP) is 4.98. The van der Waals surface area contributed by atoms with Crippen molar-refractivity contribution in [2.45, 2.75) is 63.6 Å². The second kappa shape index (κ2) is 10.4. The molecule has 0 radical (unpaired) electrons. The van der Waals surface area contributed by atoms with E-state index < -0.39 is 29.0 Å². The van der Waals surface area contributed by atoms with Crippen molar-refractivity contribution in [3.63, 3.8) is 0 Å². The molecule has 0 atom stereocenters. The third-order valence-electron chi connectivity index (χ3n) is 6.85. The maximum absolute atomic E-state index is 14.0. The van der Waals surface area contributed by atoms with E-state index in [1.165, 1.54) is 5.56 Å². The van der Waals surface area contributed by atoms with Gasteiger partial charge >= 0.3 is 6.18 Å². The Kier molecular flexibility index (Phi) is 7.47. The van der Waals surface area contributed by atoms with E-state index in [1.807, 2.05) is 19.0 Å². The van der Waals surface area contributed by atoms with Crippen LogP contribution in [0.4, 0.5) is 29.3 Å². The molecule has 1 aromatic heterocycles. The first-order chi connectivity index (χ1) is 16.6. The molecule has 0 aliphatic heterocycles. The van der Waals surface area contributed by atoms with Crippen LogP contribution in [0.2, 0.25) is 0 Å². The fourth-order valence-corrected chi connectivity index (χ4v) is 4.91. The number of rotatable bonds is 6. The average molecular weight is 494 g/mol. The molecule has 35 heavy (non-hydrogen) atoms. The maximum atomic E-state index is 14.0. The van der Waals surface area contributed by atoms with E-state index >= 15 is 0 Å². The van der Waals surface area contributed by atoms with E-state index in [1.54, 1.807) is 0 Å². The molecule has 2 N–H and O–H groups in total. The van der Waals surface area contributed by atoms with Crippen LogP contribution in [0, 0.1) is 11.7 Å². The zero-order valence-corrected chi connectivity index (χ0v) is 20.0. The highest BCUT2D eigenvalue weighted by Crippen LogP contribution is 2.32. The fourth-order valence-electron chi connectivity index (χ4n) is 4.91. The Morgan fingerprint density at radius 1 is 1.09 bits per heavy atom. The van der Waals surface area contributed by atoms with Crippen molar-refractivity contribution in [1.29, 1.82) is 0 Å². The fraction of sp³-hybridized carbons (Fsp3) is 0.560. The van der Waals surface area contributed by atoms with E-state index in [0.717, 1.165) is 62.9 Å². The lowest BCUT2D eigenvalue weighted by molar-refractivity contribution is -0.137. The van der Waals surface area contributed by atoms with Gasteiger partial charge in [-0.05, 0) is 75.5 Å². The van der Waals surface area contributed by atoms with Crippen LogP contribution >= 0.6 is 0 Å². The SMILES string of the molecule is CN(C)c1nc(N[C@H]2CC[C@@H](CNC(=O)c3cc(C(F)(F)F)ccc3F)CC2)nc2c1CCCC2. The van der Waals surface area contributed by atoms with E-state index in [9.17, 15) is 22.4 Å².